The Balaban J connectivity index is 1.90. The number of imide groups is 1. The third-order valence-electron chi connectivity index (χ3n) is 3.64. The lowest BCUT2D eigenvalue weighted by Crippen LogP contribution is -2.28. The summed E-state index contributed by atoms with van der Waals surface area (Å²) in [6.45, 7) is 2.28. The Morgan fingerprint density at radius 2 is 2.00 bits per heavy atom. The minimum absolute atomic E-state index is 0.131. The lowest BCUT2D eigenvalue weighted by molar-refractivity contribution is -0.122. The number of benzene rings is 1. The first-order valence-corrected chi connectivity index (χ1v) is 8.50. The summed E-state index contributed by atoms with van der Waals surface area (Å²) in [5.74, 6) is -0.607. The van der Waals surface area contributed by atoms with Gasteiger partial charge in [0.15, 0.2) is 0 Å². The van der Waals surface area contributed by atoms with Gasteiger partial charge in [-0.2, -0.15) is 0 Å². The van der Waals surface area contributed by atoms with Crippen LogP contribution in [-0.4, -0.2) is 33.7 Å². The van der Waals surface area contributed by atoms with Gasteiger partial charge in [0.25, 0.3) is 11.1 Å². The van der Waals surface area contributed by atoms with Crippen molar-refractivity contribution < 1.29 is 23.9 Å². The average molecular weight is 357 g/mol. The number of aromatic carboxylic acids is 1. The van der Waals surface area contributed by atoms with Crippen LogP contribution >= 0.6 is 11.8 Å². The van der Waals surface area contributed by atoms with Gasteiger partial charge in [0.05, 0.1) is 10.5 Å². The van der Waals surface area contributed by atoms with E-state index >= 15 is 0 Å². The maximum absolute atomic E-state index is 12.2. The smallest absolute Gasteiger partial charge is 0.336 e. The highest BCUT2D eigenvalue weighted by Crippen LogP contribution is 2.33. The highest BCUT2D eigenvalue weighted by Gasteiger charge is 2.34. The second-order valence-electron chi connectivity index (χ2n) is 5.39. The van der Waals surface area contributed by atoms with Crippen molar-refractivity contribution in [1.82, 2.24) is 4.90 Å². The lowest BCUT2D eigenvalue weighted by Gasteiger charge is -2.09. The molecule has 0 bridgehead atoms. The number of carboxylic acid groups (broad SMARTS) is 1. The highest BCUT2D eigenvalue weighted by molar-refractivity contribution is 8.18. The Morgan fingerprint density at radius 3 is 2.72 bits per heavy atom. The Hall–Kier alpha value is -2.80. The number of hydrogen-bond donors (Lipinski definition) is 1. The predicted octanol–water partition coefficient (Wildman–Crippen LogP) is 4.09. The van der Waals surface area contributed by atoms with E-state index in [1.807, 2.05) is 6.92 Å². The Labute approximate surface area is 148 Å². The molecule has 0 atom stereocenters. The minimum Gasteiger partial charge on any atom is -0.478 e. The number of carbonyl (C=O) groups is 3. The Bertz CT molecular complexity index is 883. The van der Waals surface area contributed by atoms with Crippen molar-refractivity contribution in [3.8, 4) is 11.3 Å². The van der Waals surface area contributed by atoms with Gasteiger partial charge in [-0.3, -0.25) is 14.5 Å². The molecule has 0 unspecified atom stereocenters. The Morgan fingerprint density at radius 1 is 1.24 bits per heavy atom. The zero-order chi connectivity index (χ0) is 18.0. The molecule has 2 heterocycles. The van der Waals surface area contributed by atoms with E-state index in [0.717, 1.165) is 11.8 Å². The first-order chi connectivity index (χ1) is 12.0. The molecule has 0 aliphatic carbocycles. The first kappa shape index (κ1) is 17.0. The molecule has 1 aromatic carbocycles. The van der Waals surface area contributed by atoms with Crippen LogP contribution in [0.2, 0.25) is 0 Å². The third-order valence-corrected chi connectivity index (χ3v) is 4.55. The molecule has 128 valence electrons. The normalized spacial score (nSPS) is 16.0. The second-order valence-corrected chi connectivity index (χ2v) is 6.38. The number of carbonyl (C=O) groups excluding carboxylic acids is 2. The molecule has 1 aliphatic rings. The summed E-state index contributed by atoms with van der Waals surface area (Å²) >= 11 is 0.874. The van der Waals surface area contributed by atoms with Crippen LogP contribution in [0.5, 0.6) is 0 Å². The van der Waals surface area contributed by atoms with Crippen LogP contribution < -0.4 is 0 Å². The summed E-state index contributed by atoms with van der Waals surface area (Å²) < 4.78 is 5.67. The summed E-state index contributed by atoms with van der Waals surface area (Å²) in [6.07, 6.45) is 2.20. The maximum atomic E-state index is 12.2. The molecule has 2 amide bonds. The van der Waals surface area contributed by atoms with Gasteiger partial charge in [0, 0.05) is 18.2 Å². The fourth-order valence-corrected chi connectivity index (χ4v) is 3.35. The third kappa shape index (κ3) is 3.36. The van der Waals surface area contributed by atoms with E-state index in [4.69, 9.17) is 4.42 Å². The van der Waals surface area contributed by atoms with Crippen molar-refractivity contribution in [3.05, 3.63) is 52.6 Å². The largest absolute Gasteiger partial charge is 0.478 e. The molecule has 6 nitrogen and oxygen atoms in total. The van der Waals surface area contributed by atoms with E-state index in [1.54, 1.807) is 30.3 Å². The zero-order valence-electron chi connectivity index (χ0n) is 13.4. The highest BCUT2D eigenvalue weighted by atomic mass is 32.2. The van der Waals surface area contributed by atoms with E-state index in [-0.39, 0.29) is 16.7 Å². The van der Waals surface area contributed by atoms with Crippen molar-refractivity contribution in [2.24, 2.45) is 0 Å². The van der Waals surface area contributed by atoms with Crippen LogP contribution in [0.25, 0.3) is 17.4 Å². The van der Waals surface area contributed by atoms with Crippen LogP contribution in [0.15, 0.2) is 45.7 Å². The first-order valence-electron chi connectivity index (χ1n) is 7.69. The number of nitrogens with zero attached hydrogens (tertiary/aromatic N) is 1. The van der Waals surface area contributed by atoms with Crippen LogP contribution in [0.1, 0.15) is 29.5 Å². The minimum atomic E-state index is -1.05. The number of amides is 2. The van der Waals surface area contributed by atoms with Gasteiger partial charge in [-0.25, -0.2) is 4.79 Å². The molecular formula is C18H15NO5S. The summed E-state index contributed by atoms with van der Waals surface area (Å²) in [5, 5.41) is 8.97. The van der Waals surface area contributed by atoms with Gasteiger partial charge in [0.2, 0.25) is 0 Å². The summed E-state index contributed by atoms with van der Waals surface area (Å²) in [7, 11) is 0. The molecule has 1 aromatic heterocycles. The predicted molar refractivity (Wildman–Crippen MR) is 94.1 cm³/mol. The SMILES string of the molecule is CCCN1C(=O)S/C(=C\c2ccc(-c3ccccc3C(=O)O)o2)C1=O. The molecule has 25 heavy (non-hydrogen) atoms. The van der Waals surface area contributed by atoms with Crippen LogP contribution in [0, 0.1) is 0 Å². The molecule has 0 radical (unpaired) electrons. The summed E-state index contributed by atoms with van der Waals surface area (Å²) in [5.41, 5.74) is 0.584. The van der Waals surface area contributed by atoms with Crippen molar-refractivity contribution in [3.63, 3.8) is 0 Å². The van der Waals surface area contributed by atoms with Gasteiger partial charge in [0.1, 0.15) is 11.5 Å². The van der Waals surface area contributed by atoms with Gasteiger partial charge >= 0.3 is 5.97 Å². The van der Waals surface area contributed by atoms with Gasteiger partial charge in [-0.1, -0.05) is 25.1 Å². The molecule has 7 heteroatoms. The molecular weight excluding hydrogens is 342 g/mol. The molecule has 0 spiro atoms. The van der Waals surface area contributed by atoms with Crippen LogP contribution in [0.4, 0.5) is 4.79 Å². The van der Waals surface area contributed by atoms with Crippen molar-refractivity contribution in [2.75, 3.05) is 6.54 Å². The fourth-order valence-electron chi connectivity index (χ4n) is 2.51. The number of carboxylic acids is 1. The number of hydrogen-bond acceptors (Lipinski definition) is 5. The van der Waals surface area contributed by atoms with Crippen LogP contribution in [-0.2, 0) is 4.79 Å². The standard InChI is InChI=1S/C18H15NO5S/c1-2-9-19-16(20)15(25-18(19)23)10-11-7-8-14(24-11)12-5-3-4-6-13(12)17(21)22/h3-8,10H,2,9H2,1H3,(H,21,22)/b15-10-. The van der Waals surface area contributed by atoms with E-state index in [2.05, 4.69) is 0 Å². The van der Waals surface area contributed by atoms with Crippen molar-refractivity contribution in [2.45, 2.75) is 13.3 Å². The average Bonchev–Trinajstić information content (AvgIpc) is 3.16. The number of thioether (sulfide) groups is 1. The molecule has 1 N–H and O–H groups in total. The second kappa shape index (κ2) is 6.98. The molecule has 3 rings (SSSR count). The maximum Gasteiger partial charge on any atom is 0.336 e. The molecule has 1 saturated heterocycles. The number of rotatable bonds is 5. The molecule has 0 saturated carbocycles. The van der Waals surface area contributed by atoms with Gasteiger partial charge in [-0.05, 0) is 36.4 Å². The fraction of sp³-hybridized carbons (Fsp3) is 0.167. The summed E-state index contributed by atoms with van der Waals surface area (Å²) in [6, 6.07) is 9.80. The van der Waals surface area contributed by atoms with Crippen LogP contribution in [0.3, 0.4) is 0 Å². The lowest BCUT2D eigenvalue weighted by atomic mass is 10.1. The van der Waals surface area contributed by atoms with Gasteiger partial charge < -0.3 is 9.52 Å². The van der Waals surface area contributed by atoms with E-state index < -0.39 is 5.97 Å². The molecule has 1 fully saturated rings. The molecule has 1 aliphatic heterocycles. The Kier molecular flexibility index (Phi) is 4.76. The van der Waals surface area contributed by atoms with Gasteiger partial charge in [-0.15, -0.1) is 0 Å². The number of furan rings is 1. The van der Waals surface area contributed by atoms with Crippen molar-refractivity contribution >= 4 is 35.0 Å². The quantitative estimate of drug-likeness (QED) is 0.811. The monoisotopic (exact) mass is 357 g/mol. The van der Waals surface area contributed by atoms with Crippen molar-refractivity contribution in [1.29, 1.82) is 0 Å². The van der Waals surface area contributed by atoms with E-state index in [1.165, 1.54) is 17.0 Å². The van der Waals surface area contributed by atoms with E-state index in [9.17, 15) is 19.5 Å². The van der Waals surface area contributed by atoms with E-state index in [0.29, 0.717) is 35.0 Å². The topological polar surface area (TPSA) is 87.8 Å². The summed E-state index contributed by atoms with van der Waals surface area (Å²) in [4.78, 5) is 36.9. The molecule has 2 aromatic rings. The zero-order valence-corrected chi connectivity index (χ0v) is 14.2.